The fraction of sp³-hybridized carbons (Fsp3) is 0.364. The van der Waals surface area contributed by atoms with E-state index in [9.17, 15) is 19.1 Å². The summed E-state index contributed by atoms with van der Waals surface area (Å²) in [6.45, 7) is 0.108. The molecule has 1 N–H and O–H groups in total. The summed E-state index contributed by atoms with van der Waals surface area (Å²) in [6, 6.07) is 1.96. The number of halogens is 2. The quantitative estimate of drug-likeness (QED) is 0.269. The van der Waals surface area contributed by atoms with E-state index in [1.54, 1.807) is 0 Å². The number of Topliss-reactive ketones (excluding diaryl/α,β-unsaturated/α-hetero) is 1. The largest absolute Gasteiger partial charge is 0.460 e. The third-order valence-electron chi connectivity index (χ3n) is 1.98. The predicted octanol–water partition coefficient (Wildman–Crippen LogP) is 1.19. The van der Waals surface area contributed by atoms with Gasteiger partial charge in [-0.1, -0.05) is 22.6 Å². The van der Waals surface area contributed by atoms with Crippen LogP contribution in [0.5, 0.6) is 0 Å². The summed E-state index contributed by atoms with van der Waals surface area (Å²) < 4.78 is 18.3. The molecule has 0 bridgehead atoms. The molecular formula is C11H11FINO4. The number of carbonyl (C=O) groups excluding carboxylic acids is 2. The monoisotopic (exact) mass is 367 g/mol. The summed E-state index contributed by atoms with van der Waals surface area (Å²) in [5, 5.41) is 9.56. The zero-order chi connectivity index (χ0) is 13.5. The van der Waals surface area contributed by atoms with Gasteiger partial charge >= 0.3 is 5.97 Å². The molecule has 0 aliphatic heterocycles. The number of aliphatic hydroxyl groups is 1. The summed E-state index contributed by atoms with van der Waals surface area (Å²) in [4.78, 5) is 26.3. The number of carbonyl (C=O) groups is 2. The molecule has 1 atom stereocenters. The number of ketones is 1. The molecule has 1 unspecified atom stereocenters. The molecule has 5 nitrogen and oxygen atoms in total. The molecule has 1 aromatic heterocycles. The third-order valence-corrected chi connectivity index (χ3v) is 2.75. The fourth-order valence-electron chi connectivity index (χ4n) is 1.11. The minimum atomic E-state index is -1.80. The van der Waals surface area contributed by atoms with Crippen LogP contribution in [-0.4, -0.2) is 32.9 Å². The Morgan fingerprint density at radius 2 is 2.28 bits per heavy atom. The lowest BCUT2D eigenvalue weighted by Gasteiger charge is -2.08. The first-order valence-corrected chi connectivity index (χ1v) is 6.65. The van der Waals surface area contributed by atoms with Gasteiger partial charge in [0.25, 0.3) is 5.78 Å². The highest BCUT2D eigenvalue weighted by Crippen LogP contribution is 2.12. The van der Waals surface area contributed by atoms with Crippen LogP contribution in [0.4, 0.5) is 4.39 Å². The zero-order valence-electron chi connectivity index (χ0n) is 9.31. The number of esters is 1. The van der Waals surface area contributed by atoms with E-state index in [-0.39, 0.29) is 12.3 Å². The maximum atomic E-state index is 12.9. The van der Waals surface area contributed by atoms with Gasteiger partial charge in [-0.15, -0.1) is 0 Å². The standard InChI is InChI=1S/C11H11FINO4/c12-7-2-4-14-8(6-7)9(15)10(16)11(17)18-5-1-3-13/h2,4,6,9,15H,1,3,5H2. The number of hydrogen-bond donors (Lipinski definition) is 1. The van der Waals surface area contributed by atoms with Crippen molar-refractivity contribution in [2.24, 2.45) is 0 Å². The van der Waals surface area contributed by atoms with E-state index in [0.29, 0.717) is 6.42 Å². The highest BCUT2D eigenvalue weighted by atomic mass is 127. The molecule has 1 aromatic rings. The van der Waals surface area contributed by atoms with E-state index >= 15 is 0 Å². The number of ether oxygens (including phenoxy) is 1. The van der Waals surface area contributed by atoms with Gasteiger partial charge in [0.15, 0.2) is 6.10 Å². The Balaban J connectivity index is 2.63. The Morgan fingerprint density at radius 3 is 2.89 bits per heavy atom. The number of nitrogens with zero attached hydrogens (tertiary/aromatic N) is 1. The van der Waals surface area contributed by atoms with E-state index < -0.39 is 23.7 Å². The van der Waals surface area contributed by atoms with Crippen molar-refractivity contribution >= 4 is 34.3 Å². The van der Waals surface area contributed by atoms with E-state index in [1.807, 2.05) is 0 Å². The fourth-order valence-corrected chi connectivity index (χ4v) is 1.42. The molecule has 1 heterocycles. The Labute approximate surface area is 116 Å². The molecule has 0 aliphatic rings. The molecule has 0 saturated heterocycles. The van der Waals surface area contributed by atoms with Gasteiger partial charge in [0.1, 0.15) is 5.82 Å². The number of pyridine rings is 1. The zero-order valence-corrected chi connectivity index (χ0v) is 11.5. The highest BCUT2D eigenvalue weighted by molar-refractivity contribution is 14.1. The Morgan fingerprint density at radius 1 is 1.56 bits per heavy atom. The Hall–Kier alpha value is -1.09. The van der Waals surface area contributed by atoms with Gasteiger partial charge in [0.05, 0.1) is 12.3 Å². The van der Waals surface area contributed by atoms with Crippen LogP contribution < -0.4 is 0 Å². The molecule has 0 radical (unpaired) electrons. The van der Waals surface area contributed by atoms with E-state index in [0.717, 1.165) is 22.8 Å². The van der Waals surface area contributed by atoms with E-state index in [2.05, 4.69) is 32.3 Å². The van der Waals surface area contributed by atoms with E-state index in [1.165, 1.54) is 0 Å². The average molecular weight is 367 g/mol. The van der Waals surface area contributed by atoms with Gasteiger partial charge in [0, 0.05) is 10.6 Å². The lowest BCUT2D eigenvalue weighted by Crippen LogP contribution is -2.25. The van der Waals surface area contributed by atoms with Gasteiger partial charge < -0.3 is 9.84 Å². The van der Waals surface area contributed by atoms with Crippen LogP contribution in [0.3, 0.4) is 0 Å². The molecule has 0 fully saturated rings. The molecule has 0 saturated carbocycles. The van der Waals surface area contributed by atoms with Crippen LogP contribution in [0.25, 0.3) is 0 Å². The number of alkyl halides is 1. The summed E-state index contributed by atoms with van der Waals surface area (Å²) in [5.41, 5.74) is -0.217. The summed E-state index contributed by atoms with van der Waals surface area (Å²) in [6.07, 6.45) is -0.0796. The number of aromatic nitrogens is 1. The van der Waals surface area contributed by atoms with Crippen molar-refractivity contribution in [2.45, 2.75) is 12.5 Å². The Kier molecular flexibility index (Phi) is 6.13. The lowest BCUT2D eigenvalue weighted by molar-refractivity contribution is -0.157. The smallest absolute Gasteiger partial charge is 0.377 e. The van der Waals surface area contributed by atoms with Crippen LogP contribution in [0, 0.1) is 5.82 Å². The van der Waals surface area contributed by atoms with Crippen molar-refractivity contribution in [3.8, 4) is 0 Å². The van der Waals surface area contributed by atoms with Gasteiger partial charge in [-0.05, 0) is 18.6 Å². The summed E-state index contributed by atoms with van der Waals surface area (Å²) in [5.74, 6) is -2.94. The van der Waals surface area contributed by atoms with Crippen LogP contribution in [0.1, 0.15) is 18.2 Å². The van der Waals surface area contributed by atoms with Crippen LogP contribution in [-0.2, 0) is 14.3 Å². The first kappa shape index (κ1) is 15.0. The van der Waals surface area contributed by atoms with Crippen molar-refractivity contribution in [3.05, 3.63) is 29.8 Å². The average Bonchev–Trinajstić information content (AvgIpc) is 2.37. The van der Waals surface area contributed by atoms with Gasteiger partial charge in [-0.25, -0.2) is 9.18 Å². The second-order valence-electron chi connectivity index (χ2n) is 3.34. The van der Waals surface area contributed by atoms with Crippen LogP contribution >= 0.6 is 22.6 Å². The second-order valence-corrected chi connectivity index (χ2v) is 4.42. The molecule has 0 amide bonds. The van der Waals surface area contributed by atoms with Crippen LogP contribution in [0.2, 0.25) is 0 Å². The van der Waals surface area contributed by atoms with E-state index in [4.69, 9.17) is 0 Å². The summed E-state index contributed by atoms with van der Waals surface area (Å²) in [7, 11) is 0. The SMILES string of the molecule is O=C(OCCCI)C(=O)C(O)c1cc(F)ccn1. The molecule has 1 rings (SSSR count). The number of rotatable bonds is 6. The molecular weight excluding hydrogens is 356 g/mol. The molecule has 0 aromatic carbocycles. The maximum Gasteiger partial charge on any atom is 0.377 e. The Bertz CT molecular complexity index is 441. The maximum absolute atomic E-state index is 12.9. The third kappa shape index (κ3) is 4.30. The van der Waals surface area contributed by atoms with Crippen molar-refractivity contribution in [2.75, 3.05) is 11.0 Å². The molecule has 98 valence electrons. The second kappa shape index (κ2) is 7.37. The molecule has 0 aliphatic carbocycles. The molecule has 18 heavy (non-hydrogen) atoms. The number of hydrogen-bond acceptors (Lipinski definition) is 5. The van der Waals surface area contributed by atoms with Crippen molar-refractivity contribution in [3.63, 3.8) is 0 Å². The van der Waals surface area contributed by atoms with Crippen molar-refractivity contribution in [1.29, 1.82) is 0 Å². The first-order valence-electron chi connectivity index (χ1n) is 5.12. The lowest BCUT2D eigenvalue weighted by atomic mass is 10.1. The van der Waals surface area contributed by atoms with Crippen molar-refractivity contribution < 1.29 is 23.8 Å². The topological polar surface area (TPSA) is 76.5 Å². The molecule has 0 spiro atoms. The van der Waals surface area contributed by atoms with Crippen LogP contribution in [0.15, 0.2) is 18.3 Å². The van der Waals surface area contributed by atoms with Gasteiger partial charge in [-0.2, -0.15) is 0 Å². The predicted molar refractivity (Wildman–Crippen MR) is 68.6 cm³/mol. The van der Waals surface area contributed by atoms with Gasteiger partial charge in [0.2, 0.25) is 0 Å². The number of aliphatic hydroxyl groups excluding tert-OH is 1. The minimum Gasteiger partial charge on any atom is -0.460 e. The minimum absolute atomic E-state index is 0.108. The van der Waals surface area contributed by atoms with Gasteiger partial charge in [-0.3, -0.25) is 9.78 Å². The highest BCUT2D eigenvalue weighted by Gasteiger charge is 2.27. The first-order chi connectivity index (χ1) is 8.56. The summed E-state index contributed by atoms with van der Waals surface area (Å²) >= 11 is 2.10. The molecule has 7 heteroatoms. The normalized spacial score (nSPS) is 11.9. The van der Waals surface area contributed by atoms with Crippen molar-refractivity contribution in [1.82, 2.24) is 4.98 Å².